The fourth-order valence-electron chi connectivity index (χ4n) is 2.30. The number of ether oxygens (including phenoxy) is 1. The van der Waals surface area contributed by atoms with Gasteiger partial charge in [0.05, 0.1) is 12.1 Å². The van der Waals surface area contributed by atoms with Gasteiger partial charge in [0.15, 0.2) is 5.16 Å². The number of hydrogen-bond donors (Lipinski definition) is 1. The summed E-state index contributed by atoms with van der Waals surface area (Å²) in [7, 11) is 0. The van der Waals surface area contributed by atoms with E-state index in [2.05, 4.69) is 15.3 Å². The molecule has 0 atom stereocenters. The van der Waals surface area contributed by atoms with E-state index >= 15 is 0 Å². The number of carbonyl (C=O) groups is 1. The summed E-state index contributed by atoms with van der Waals surface area (Å²) < 4.78 is 4.91. The van der Waals surface area contributed by atoms with Gasteiger partial charge in [0.2, 0.25) is 0 Å². The second kappa shape index (κ2) is 6.83. The SMILES string of the molecule is CCNc1nc(SCCN2CCOC2=O)nc2ccccc12. The van der Waals surface area contributed by atoms with Crippen molar-refractivity contribution in [3.63, 3.8) is 0 Å². The van der Waals surface area contributed by atoms with Crippen molar-refractivity contribution in [2.75, 3.05) is 37.3 Å². The third-order valence-corrected chi connectivity index (χ3v) is 4.19. The number of thioether (sulfide) groups is 1. The van der Waals surface area contributed by atoms with Gasteiger partial charge in [-0.2, -0.15) is 0 Å². The van der Waals surface area contributed by atoms with E-state index < -0.39 is 0 Å². The van der Waals surface area contributed by atoms with Crippen molar-refractivity contribution >= 4 is 34.6 Å². The Labute approximate surface area is 133 Å². The highest BCUT2D eigenvalue weighted by atomic mass is 32.2. The van der Waals surface area contributed by atoms with Crippen molar-refractivity contribution in [1.82, 2.24) is 14.9 Å². The highest BCUT2D eigenvalue weighted by Gasteiger charge is 2.21. The first-order valence-corrected chi connectivity index (χ1v) is 8.31. The van der Waals surface area contributed by atoms with Gasteiger partial charge in [-0.05, 0) is 19.1 Å². The Morgan fingerprint density at radius 2 is 2.23 bits per heavy atom. The van der Waals surface area contributed by atoms with Crippen molar-refractivity contribution in [2.45, 2.75) is 12.1 Å². The van der Waals surface area contributed by atoms with E-state index in [0.29, 0.717) is 19.7 Å². The molecule has 0 spiro atoms. The molecular weight excluding hydrogens is 300 g/mol. The van der Waals surface area contributed by atoms with E-state index in [4.69, 9.17) is 4.74 Å². The maximum absolute atomic E-state index is 11.4. The van der Waals surface area contributed by atoms with Crippen molar-refractivity contribution in [1.29, 1.82) is 0 Å². The van der Waals surface area contributed by atoms with Gasteiger partial charge < -0.3 is 15.0 Å². The third-order valence-electron chi connectivity index (χ3n) is 3.36. The fraction of sp³-hybridized carbons (Fsp3) is 0.400. The van der Waals surface area contributed by atoms with Gasteiger partial charge in [-0.1, -0.05) is 23.9 Å². The minimum Gasteiger partial charge on any atom is -0.448 e. The molecule has 0 unspecified atom stereocenters. The number of benzene rings is 1. The number of hydrogen-bond acceptors (Lipinski definition) is 6. The Bertz CT molecular complexity index is 680. The van der Waals surface area contributed by atoms with E-state index in [-0.39, 0.29) is 6.09 Å². The summed E-state index contributed by atoms with van der Waals surface area (Å²) in [5.74, 6) is 1.61. The Balaban J connectivity index is 1.71. The first-order valence-electron chi connectivity index (χ1n) is 7.33. The second-order valence-electron chi connectivity index (χ2n) is 4.85. The van der Waals surface area contributed by atoms with Crippen LogP contribution < -0.4 is 5.32 Å². The standard InChI is InChI=1S/C15H18N4O2S/c1-2-16-13-11-5-3-4-6-12(11)17-14(18-13)22-10-8-19-7-9-21-15(19)20/h3-6H,2,7-10H2,1H3,(H,16,17,18). The van der Waals surface area contributed by atoms with E-state index in [0.717, 1.165) is 34.2 Å². The van der Waals surface area contributed by atoms with Gasteiger partial charge in [-0.3, -0.25) is 0 Å². The largest absolute Gasteiger partial charge is 0.448 e. The van der Waals surface area contributed by atoms with E-state index in [9.17, 15) is 4.79 Å². The summed E-state index contributed by atoms with van der Waals surface area (Å²) in [5.41, 5.74) is 0.927. The summed E-state index contributed by atoms with van der Waals surface area (Å²) >= 11 is 1.55. The van der Waals surface area contributed by atoms with Crippen LogP contribution in [0.15, 0.2) is 29.4 Å². The van der Waals surface area contributed by atoms with E-state index in [1.165, 1.54) is 0 Å². The number of rotatable bonds is 6. The quantitative estimate of drug-likeness (QED) is 0.652. The predicted octanol–water partition coefficient (Wildman–Crippen LogP) is 2.61. The molecule has 1 aliphatic rings. The molecule has 1 aromatic heterocycles. The van der Waals surface area contributed by atoms with E-state index in [1.807, 2.05) is 31.2 Å². The monoisotopic (exact) mass is 318 g/mol. The molecule has 0 saturated carbocycles. The van der Waals surface area contributed by atoms with Gasteiger partial charge in [0.1, 0.15) is 12.4 Å². The van der Waals surface area contributed by atoms with Crippen LogP contribution in [0.3, 0.4) is 0 Å². The lowest BCUT2D eigenvalue weighted by molar-refractivity contribution is 0.160. The lowest BCUT2D eigenvalue weighted by atomic mass is 10.2. The number of amides is 1. The highest BCUT2D eigenvalue weighted by Crippen LogP contribution is 2.24. The van der Waals surface area contributed by atoms with Crippen LogP contribution >= 0.6 is 11.8 Å². The summed E-state index contributed by atoms with van der Waals surface area (Å²) in [5, 5.41) is 5.03. The van der Waals surface area contributed by atoms with E-state index in [1.54, 1.807) is 16.7 Å². The minimum atomic E-state index is -0.228. The maximum atomic E-state index is 11.4. The molecule has 1 amide bonds. The van der Waals surface area contributed by atoms with Crippen LogP contribution in [0.5, 0.6) is 0 Å². The Kier molecular flexibility index (Phi) is 4.62. The zero-order valence-electron chi connectivity index (χ0n) is 12.4. The lowest BCUT2D eigenvalue weighted by Gasteiger charge is -2.12. The van der Waals surface area contributed by atoms with Crippen LogP contribution in [-0.4, -0.2) is 53.0 Å². The van der Waals surface area contributed by atoms with Crippen molar-refractivity contribution in [2.24, 2.45) is 0 Å². The molecule has 2 heterocycles. The van der Waals surface area contributed by atoms with Crippen molar-refractivity contribution in [3.8, 4) is 0 Å². The normalized spacial score (nSPS) is 14.4. The van der Waals surface area contributed by atoms with Crippen molar-refractivity contribution < 1.29 is 9.53 Å². The summed E-state index contributed by atoms with van der Waals surface area (Å²) in [6.45, 7) is 4.66. The van der Waals surface area contributed by atoms with Crippen LogP contribution in [0, 0.1) is 0 Å². The van der Waals surface area contributed by atoms with Crippen LogP contribution in [-0.2, 0) is 4.74 Å². The molecule has 2 aromatic rings. The van der Waals surface area contributed by atoms with Crippen molar-refractivity contribution in [3.05, 3.63) is 24.3 Å². The zero-order valence-corrected chi connectivity index (χ0v) is 13.2. The lowest BCUT2D eigenvalue weighted by Crippen LogP contribution is -2.26. The smallest absolute Gasteiger partial charge is 0.409 e. The fourth-order valence-corrected chi connectivity index (χ4v) is 3.11. The minimum absolute atomic E-state index is 0.228. The van der Waals surface area contributed by atoms with Crippen LogP contribution in [0.2, 0.25) is 0 Å². The molecule has 3 rings (SSSR count). The molecule has 7 heteroatoms. The van der Waals surface area contributed by atoms with Gasteiger partial charge in [0, 0.05) is 24.2 Å². The topological polar surface area (TPSA) is 67.3 Å². The molecule has 6 nitrogen and oxygen atoms in total. The van der Waals surface area contributed by atoms with Crippen LogP contribution in [0.4, 0.5) is 10.6 Å². The number of nitrogens with zero attached hydrogens (tertiary/aromatic N) is 3. The van der Waals surface area contributed by atoms with Gasteiger partial charge >= 0.3 is 6.09 Å². The Hall–Kier alpha value is -2.02. The van der Waals surface area contributed by atoms with Gasteiger partial charge in [-0.25, -0.2) is 14.8 Å². The first-order chi connectivity index (χ1) is 10.8. The number of anilines is 1. The number of carbonyl (C=O) groups excluding carboxylic acids is 1. The molecule has 0 bridgehead atoms. The average molecular weight is 318 g/mol. The Morgan fingerprint density at radius 3 is 3.00 bits per heavy atom. The molecule has 1 fully saturated rings. The summed E-state index contributed by atoms with van der Waals surface area (Å²) in [6.07, 6.45) is -0.228. The number of nitrogens with one attached hydrogen (secondary N) is 1. The molecule has 22 heavy (non-hydrogen) atoms. The number of fused-ring (bicyclic) bond motifs is 1. The second-order valence-corrected chi connectivity index (χ2v) is 5.91. The van der Waals surface area contributed by atoms with Crippen LogP contribution in [0.25, 0.3) is 10.9 Å². The molecule has 1 aromatic carbocycles. The molecule has 1 saturated heterocycles. The summed E-state index contributed by atoms with van der Waals surface area (Å²) in [6, 6.07) is 7.96. The molecule has 0 aliphatic carbocycles. The zero-order chi connectivity index (χ0) is 15.4. The highest BCUT2D eigenvalue weighted by molar-refractivity contribution is 7.99. The molecular formula is C15H18N4O2S. The first kappa shape index (κ1) is 14.9. The summed E-state index contributed by atoms with van der Waals surface area (Å²) in [4.78, 5) is 22.2. The average Bonchev–Trinajstić information content (AvgIpc) is 2.93. The Morgan fingerprint density at radius 1 is 1.36 bits per heavy atom. The molecule has 1 N–H and O–H groups in total. The number of aromatic nitrogens is 2. The van der Waals surface area contributed by atoms with Crippen LogP contribution in [0.1, 0.15) is 6.92 Å². The van der Waals surface area contributed by atoms with Gasteiger partial charge in [0.25, 0.3) is 0 Å². The molecule has 116 valence electrons. The maximum Gasteiger partial charge on any atom is 0.409 e. The molecule has 1 aliphatic heterocycles. The third kappa shape index (κ3) is 3.24. The predicted molar refractivity (Wildman–Crippen MR) is 87.3 cm³/mol. The molecule has 0 radical (unpaired) electrons. The number of cyclic esters (lactones) is 1. The number of para-hydroxylation sites is 1. The van der Waals surface area contributed by atoms with Gasteiger partial charge in [-0.15, -0.1) is 0 Å².